The van der Waals surface area contributed by atoms with Crippen LogP contribution in [0.3, 0.4) is 0 Å². The summed E-state index contributed by atoms with van der Waals surface area (Å²) >= 11 is 16.1. The zero-order valence-electron chi connectivity index (χ0n) is 20.5. The molecule has 1 saturated heterocycles. The van der Waals surface area contributed by atoms with E-state index in [0.717, 1.165) is 50.8 Å². The first-order chi connectivity index (χ1) is 17.7. The van der Waals surface area contributed by atoms with Crippen molar-refractivity contribution in [3.63, 3.8) is 0 Å². The van der Waals surface area contributed by atoms with E-state index in [1.165, 1.54) is 6.42 Å². The number of benzene rings is 1. The lowest BCUT2D eigenvalue weighted by Gasteiger charge is -2.61. The Hall–Kier alpha value is -1.68. The molecular weight excluding hydrogens is 581 g/mol. The second-order valence-corrected chi connectivity index (χ2v) is 13.4. The van der Waals surface area contributed by atoms with E-state index in [1.807, 2.05) is 27.8 Å². The minimum atomic E-state index is -0.431. The number of aromatic nitrogens is 2. The van der Waals surface area contributed by atoms with Crippen molar-refractivity contribution < 1.29 is 9.72 Å². The van der Waals surface area contributed by atoms with Gasteiger partial charge in [-0.05, 0) is 88.8 Å². The van der Waals surface area contributed by atoms with E-state index in [2.05, 4.69) is 25.9 Å². The van der Waals surface area contributed by atoms with Crippen LogP contribution < -0.4 is 0 Å². The molecule has 2 aromatic rings. The molecule has 5 fully saturated rings. The molecule has 198 valence electrons. The maximum absolute atomic E-state index is 13.6. The van der Waals surface area contributed by atoms with Crippen molar-refractivity contribution in [1.82, 2.24) is 19.6 Å². The molecule has 5 aliphatic rings. The Kier molecular flexibility index (Phi) is 6.57. The summed E-state index contributed by atoms with van der Waals surface area (Å²) in [7, 11) is 0. The van der Waals surface area contributed by atoms with E-state index in [1.54, 1.807) is 6.20 Å². The fraction of sp³-hybridized carbons (Fsp3) is 0.615. The lowest BCUT2D eigenvalue weighted by atomic mass is 9.46. The van der Waals surface area contributed by atoms with Crippen molar-refractivity contribution in [1.29, 1.82) is 0 Å². The van der Waals surface area contributed by atoms with Gasteiger partial charge in [0.15, 0.2) is 0 Å². The molecule has 0 N–H and O–H groups in total. The van der Waals surface area contributed by atoms with Gasteiger partial charge >= 0.3 is 5.82 Å². The maximum Gasteiger partial charge on any atom is 0.404 e. The zero-order chi connectivity index (χ0) is 25.9. The smallest absolute Gasteiger partial charge is 0.358 e. The van der Waals surface area contributed by atoms with Crippen LogP contribution in [0.5, 0.6) is 0 Å². The number of hydrogen-bond acceptors (Lipinski definition) is 5. The molecule has 2 unspecified atom stereocenters. The molecule has 1 amide bonds. The highest BCUT2D eigenvalue weighted by atomic mass is 79.9. The molecule has 4 aliphatic carbocycles. The minimum Gasteiger partial charge on any atom is -0.358 e. The summed E-state index contributed by atoms with van der Waals surface area (Å²) in [6.07, 6.45) is 8.55. The summed E-state index contributed by atoms with van der Waals surface area (Å²) in [5.74, 6) is 1.21. The van der Waals surface area contributed by atoms with Crippen LogP contribution in [0.1, 0.15) is 50.5 Å². The number of hydrogen-bond donors (Lipinski definition) is 0. The summed E-state index contributed by atoms with van der Waals surface area (Å²) in [4.78, 5) is 28.9. The van der Waals surface area contributed by atoms with E-state index >= 15 is 0 Å². The van der Waals surface area contributed by atoms with Crippen molar-refractivity contribution >= 4 is 50.9 Å². The Morgan fingerprint density at radius 2 is 1.76 bits per heavy atom. The monoisotopic (exact) mass is 609 g/mol. The van der Waals surface area contributed by atoms with Crippen LogP contribution in [0.4, 0.5) is 5.82 Å². The van der Waals surface area contributed by atoms with Gasteiger partial charge in [0, 0.05) is 54.8 Å². The minimum absolute atomic E-state index is 0.0450. The third-order valence-electron chi connectivity index (χ3n) is 9.16. The lowest BCUT2D eigenvalue weighted by Crippen LogP contribution is -2.58. The highest BCUT2D eigenvalue weighted by Gasteiger charge is 2.60. The van der Waals surface area contributed by atoms with E-state index in [4.69, 9.17) is 23.2 Å². The first-order valence-corrected chi connectivity index (χ1v) is 14.5. The summed E-state index contributed by atoms with van der Waals surface area (Å²) in [6.45, 7) is 3.67. The number of piperazine rings is 1. The molecule has 2 heterocycles. The van der Waals surface area contributed by atoms with Gasteiger partial charge in [-0.25, -0.2) is 0 Å². The molecule has 2 atom stereocenters. The number of rotatable bonds is 6. The zero-order valence-corrected chi connectivity index (χ0v) is 23.6. The standard InChI is InChI=1S/C26H30BrCl2N5O3/c27-20-15-33(30-24(20)34(36)37)26-11-17-8-18(12-26)10-25(9-17,16-26)13-23(35)32-6-4-31(5-7-32)14-19-21(28)2-1-3-22(19)29/h1-3,15,17-18H,4-14,16H2. The third-order valence-corrected chi connectivity index (χ3v) is 10.4. The molecule has 1 aliphatic heterocycles. The van der Waals surface area contributed by atoms with Crippen molar-refractivity contribution in [3.8, 4) is 0 Å². The summed E-state index contributed by atoms with van der Waals surface area (Å²) in [5.41, 5.74) is 0.667. The maximum atomic E-state index is 13.6. The highest BCUT2D eigenvalue weighted by Crippen LogP contribution is 2.65. The Bertz CT molecular complexity index is 1210. The van der Waals surface area contributed by atoms with Crippen LogP contribution in [0.2, 0.25) is 10.0 Å². The van der Waals surface area contributed by atoms with Gasteiger partial charge in [-0.1, -0.05) is 29.3 Å². The van der Waals surface area contributed by atoms with E-state index in [-0.39, 0.29) is 22.7 Å². The fourth-order valence-electron chi connectivity index (χ4n) is 8.08. The average molecular weight is 611 g/mol. The Morgan fingerprint density at radius 1 is 1.11 bits per heavy atom. The van der Waals surface area contributed by atoms with Crippen molar-refractivity contribution in [2.24, 2.45) is 17.3 Å². The second-order valence-electron chi connectivity index (χ2n) is 11.7. The number of halogens is 3. The predicted octanol–water partition coefficient (Wildman–Crippen LogP) is 5.89. The molecule has 4 saturated carbocycles. The summed E-state index contributed by atoms with van der Waals surface area (Å²) in [5, 5.41) is 17.2. The van der Waals surface area contributed by atoms with Gasteiger partial charge in [0.2, 0.25) is 5.91 Å². The molecular formula is C26H30BrCl2N5O3. The van der Waals surface area contributed by atoms with Gasteiger partial charge < -0.3 is 15.0 Å². The van der Waals surface area contributed by atoms with Crippen LogP contribution in [-0.4, -0.2) is 56.6 Å². The first-order valence-electron chi connectivity index (χ1n) is 13.0. The quantitative estimate of drug-likeness (QED) is 0.301. The van der Waals surface area contributed by atoms with Gasteiger partial charge in [0.1, 0.15) is 4.47 Å². The van der Waals surface area contributed by atoms with Crippen LogP contribution in [-0.2, 0) is 16.9 Å². The van der Waals surface area contributed by atoms with E-state index in [0.29, 0.717) is 52.4 Å². The van der Waals surface area contributed by atoms with Crippen LogP contribution >= 0.6 is 39.1 Å². The molecule has 8 nitrogen and oxygen atoms in total. The molecule has 7 rings (SSSR count). The first kappa shape index (κ1) is 25.6. The van der Waals surface area contributed by atoms with Gasteiger partial charge in [-0.3, -0.25) is 9.69 Å². The van der Waals surface area contributed by atoms with Crippen molar-refractivity contribution in [2.45, 2.75) is 57.0 Å². The van der Waals surface area contributed by atoms with Gasteiger partial charge in [-0.15, -0.1) is 0 Å². The number of carbonyl (C=O) groups excluding carboxylic acids is 1. The lowest BCUT2D eigenvalue weighted by molar-refractivity contribution is -0.390. The van der Waals surface area contributed by atoms with Gasteiger partial charge in [0.05, 0.1) is 16.8 Å². The van der Waals surface area contributed by atoms with E-state index in [9.17, 15) is 14.9 Å². The fourth-order valence-corrected chi connectivity index (χ4v) is 9.02. The molecule has 1 aromatic heterocycles. The topological polar surface area (TPSA) is 84.5 Å². The molecule has 4 bridgehead atoms. The van der Waals surface area contributed by atoms with Gasteiger partial charge in [-0.2, -0.15) is 4.68 Å². The summed E-state index contributed by atoms with van der Waals surface area (Å²) in [6, 6.07) is 5.58. The Labute approximate surface area is 234 Å². The second kappa shape index (κ2) is 9.50. The van der Waals surface area contributed by atoms with Gasteiger partial charge in [0.25, 0.3) is 0 Å². The largest absolute Gasteiger partial charge is 0.404 e. The summed E-state index contributed by atoms with van der Waals surface area (Å²) < 4.78 is 2.29. The molecule has 1 aromatic carbocycles. The SMILES string of the molecule is O=C(CC12CC3CC(C1)CC(n1cc(Br)c([N+](=O)[O-])n1)(C3)C2)N1CCN(Cc2c(Cl)cccc2Cl)CC1. The van der Waals surface area contributed by atoms with Crippen LogP contribution in [0, 0.1) is 27.4 Å². The molecule has 37 heavy (non-hydrogen) atoms. The van der Waals surface area contributed by atoms with E-state index < -0.39 is 4.92 Å². The predicted molar refractivity (Wildman–Crippen MR) is 145 cm³/mol. The van der Waals surface area contributed by atoms with Crippen LogP contribution in [0.25, 0.3) is 0 Å². The number of nitrogens with zero attached hydrogens (tertiary/aromatic N) is 5. The number of amides is 1. The normalized spacial score (nSPS) is 31.2. The van der Waals surface area contributed by atoms with Crippen molar-refractivity contribution in [3.05, 3.63) is 54.6 Å². The third kappa shape index (κ3) is 4.70. The number of carbonyl (C=O) groups is 1. The van der Waals surface area contributed by atoms with Crippen LogP contribution in [0.15, 0.2) is 28.9 Å². The molecule has 11 heteroatoms. The van der Waals surface area contributed by atoms with Crippen molar-refractivity contribution in [2.75, 3.05) is 26.2 Å². The Balaban J connectivity index is 1.13. The Morgan fingerprint density at radius 3 is 2.35 bits per heavy atom. The number of nitro groups is 1. The molecule has 0 radical (unpaired) electrons. The molecule has 0 spiro atoms. The average Bonchev–Trinajstić information content (AvgIpc) is 3.24. The highest BCUT2D eigenvalue weighted by molar-refractivity contribution is 9.10.